The van der Waals surface area contributed by atoms with Gasteiger partial charge in [-0.25, -0.2) is 0 Å². The second-order valence-electron chi connectivity index (χ2n) is 4.95. The summed E-state index contributed by atoms with van der Waals surface area (Å²) in [4.78, 5) is 24.1. The summed E-state index contributed by atoms with van der Waals surface area (Å²) in [6, 6.07) is 15.4. The average Bonchev–Trinajstić information content (AvgIpc) is 2.55. The number of rotatable bonds is 5. The topological polar surface area (TPSA) is 84.2 Å². The van der Waals surface area contributed by atoms with Crippen molar-refractivity contribution < 1.29 is 9.59 Å². The molecule has 1 atom stereocenters. The quantitative estimate of drug-likeness (QED) is 0.788. The van der Waals surface area contributed by atoms with Crippen molar-refractivity contribution in [1.29, 1.82) is 0 Å². The molecule has 22 heavy (non-hydrogen) atoms. The first-order valence-corrected chi connectivity index (χ1v) is 7.06. The Morgan fingerprint density at radius 1 is 1.05 bits per heavy atom. The average molecular weight is 297 g/mol. The van der Waals surface area contributed by atoms with Crippen molar-refractivity contribution in [3.05, 3.63) is 65.7 Å². The van der Waals surface area contributed by atoms with Gasteiger partial charge in [-0.05, 0) is 36.8 Å². The molecule has 5 nitrogen and oxygen atoms in total. The molecule has 0 radical (unpaired) electrons. The summed E-state index contributed by atoms with van der Waals surface area (Å²) >= 11 is 0. The van der Waals surface area contributed by atoms with Crippen LogP contribution in [0.15, 0.2) is 54.6 Å². The Labute approximate surface area is 129 Å². The summed E-state index contributed by atoms with van der Waals surface area (Å²) in [6.45, 7) is 2.07. The molecule has 0 aliphatic heterocycles. The monoisotopic (exact) mass is 297 g/mol. The van der Waals surface area contributed by atoms with Gasteiger partial charge in [-0.2, -0.15) is 0 Å². The molecule has 2 rings (SSSR count). The van der Waals surface area contributed by atoms with Gasteiger partial charge in [0.15, 0.2) is 0 Å². The molecule has 0 saturated heterocycles. The van der Waals surface area contributed by atoms with E-state index < -0.39 is 6.04 Å². The van der Waals surface area contributed by atoms with E-state index in [2.05, 4.69) is 10.6 Å². The zero-order valence-electron chi connectivity index (χ0n) is 12.4. The number of carbonyl (C=O) groups is 2. The van der Waals surface area contributed by atoms with Crippen LogP contribution in [0.3, 0.4) is 0 Å². The fraction of sp³-hybridized carbons (Fsp3) is 0.176. The van der Waals surface area contributed by atoms with E-state index in [0.29, 0.717) is 17.8 Å². The molecule has 2 aromatic rings. The zero-order chi connectivity index (χ0) is 15.9. The van der Waals surface area contributed by atoms with Crippen LogP contribution in [-0.2, 0) is 11.3 Å². The lowest BCUT2D eigenvalue weighted by atomic mass is 10.1. The van der Waals surface area contributed by atoms with E-state index in [1.807, 2.05) is 18.2 Å². The maximum absolute atomic E-state index is 12.1. The van der Waals surface area contributed by atoms with Crippen LogP contribution < -0.4 is 16.4 Å². The van der Waals surface area contributed by atoms with Crippen LogP contribution in [0.25, 0.3) is 0 Å². The van der Waals surface area contributed by atoms with Crippen LogP contribution in [0.1, 0.15) is 22.8 Å². The summed E-state index contributed by atoms with van der Waals surface area (Å²) < 4.78 is 0. The first-order chi connectivity index (χ1) is 10.6. The Balaban J connectivity index is 1.93. The Morgan fingerprint density at radius 3 is 2.27 bits per heavy atom. The predicted octanol–water partition coefficient (Wildman–Crippen LogP) is 1.90. The number of nitrogens with one attached hydrogen (secondary N) is 2. The van der Waals surface area contributed by atoms with Gasteiger partial charge in [0, 0.05) is 17.8 Å². The van der Waals surface area contributed by atoms with E-state index in [-0.39, 0.29) is 11.8 Å². The van der Waals surface area contributed by atoms with E-state index >= 15 is 0 Å². The Hall–Kier alpha value is -2.66. The van der Waals surface area contributed by atoms with E-state index in [1.54, 1.807) is 43.3 Å². The second-order valence-corrected chi connectivity index (χ2v) is 4.95. The molecule has 0 bridgehead atoms. The minimum Gasteiger partial charge on any atom is -0.341 e. The molecule has 0 aromatic heterocycles. The fourth-order valence-electron chi connectivity index (χ4n) is 1.91. The van der Waals surface area contributed by atoms with Gasteiger partial charge < -0.3 is 16.4 Å². The summed E-state index contributed by atoms with van der Waals surface area (Å²) in [6.07, 6.45) is 0. The highest BCUT2D eigenvalue weighted by Crippen LogP contribution is 2.07. The van der Waals surface area contributed by atoms with Gasteiger partial charge in [-0.1, -0.05) is 30.3 Å². The third-order valence-electron chi connectivity index (χ3n) is 3.23. The number of anilines is 1. The lowest BCUT2D eigenvalue weighted by Crippen LogP contribution is -2.41. The number of amides is 2. The molecule has 0 aliphatic rings. The van der Waals surface area contributed by atoms with Gasteiger partial charge in [0.2, 0.25) is 5.91 Å². The molecule has 2 aromatic carbocycles. The number of carbonyl (C=O) groups excluding carboxylic acids is 2. The highest BCUT2D eigenvalue weighted by Gasteiger charge is 2.16. The highest BCUT2D eigenvalue weighted by atomic mass is 16.2. The third-order valence-corrected chi connectivity index (χ3v) is 3.23. The van der Waals surface area contributed by atoms with Gasteiger partial charge in [-0.15, -0.1) is 0 Å². The molecule has 0 saturated carbocycles. The standard InChI is InChI=1S/C17H19N3O2/c1-12(16(21)20-15-5-3-2-4-6-15)19-17(22)14-9-7-13(11-18)8-10-14/h2-10,12H,11,18H2,1H3,(H,19,22)(H,20,21)/t12-/m0/s1. The van der Waals surface area contributed by atoms with Crippen molar-refractivity contribution in [2.24, 2.45) is 5.73 Å². The predicted molar refractivity (Wildman–Crippen MR) is 86.3 cm³/mol. The van der Waals surface area contributed by atoms with Crippen LogP contribution in [0, 0.1) is 0 Å². The maximum atomic E-state index is 12.1. The van der Waals surface area contributed by atoms with Crippen molar-refractivity contribution in [3.63, 3.8) is 0 Å². The highest BCUT2D eigenvalue weighted by molar-refractivity contribution is 6.00. The smallest absolute Gasteiger partial charge is 0.251 e. The lowest BCUT2D eigenvalue weighted by Gasteiger charge is -2.14. The van der Waals surface area contributed by atoms with Crippen LogP contribution in [0.4, 0.5) is 5.69 Å². The molecule has 0 fully saturated rings. The fourth-order valence-corrected chi connectivity index (χ4v) is 1.91. The first kappa shape index (κ1) is 15.7. The lowest BCUT2D eigenvalue weighted by molar-refractivity contribution is -0.117. The molecule has 0 aliphatic carbocycles. The Kier molecular flexibility index (Phi) is 5.27. The summed E-state index contributed by atoms with van der Waals surface area (Å²) in [5.74, 6) is -0.558. The molecule has 114 valence electrons. The van der Waals surface area contributed by atoms with E-state index in [4.69, 9.17) is 5.73 Å². The van der Waals surface area contributed by atoms with Gasteiger partial charge in [0.25, 0.3) is 5.91 Å². The SMILES string of the molecule is C[C@H](NC(=O)c1ccc(CN)cc1)C(=O)Nc1ccccc1. The van der Waals surface area contributed by atoms with Crippen LogP contribution in [0.5, 0.6) is 0 Å². The van der Waals surface area contributed by atoms with Crippen LogP contribution in [0.2, 0.25) is 0 Å². The van der Waals surface area contributed by atoms with Crippen LogP contribution >= 0.6 is 0 Å². The largest absolute Gasteiger partial charge is 0.341 e. The first-order valence-electron chi connectivity index (χ1n) is 7.06. The maximum Gasteiger partial charge on any atom is 0.251 e. The van der Waals surface area contributed by atoms with Crippen molar-refractivity contribution in [2.45, 2.75) is 19.5 Å². The van der Waals surface area contributed by atoms with Crippen LogP contribution in [-0.4, -0.2) is 17.9 Å². The summed E-state index contributed by atoms with van der Waals surface area (Å²) in [7, 11) is 0. The van der Waals surface area contributed by atoms with E-state index in [9.17, 15) is 9.59 Å². The van der Waals surface area contributed by atoms with Gasteiger partial charge in [0.05, 0.1) is 0 Å². The molecule has 0 heterocycles. The molecule has 0 unspecified atom stereocenters. The minimum absolute atomic E-state index is 0.266. The van der Waals surface area contributed by atoms with E-state index in [1.165, 1.54) is 0 Å². The molecule has 0 spiro atoms. The summed E-state index contributed by atoms with van der Waals surface area (Å²) in [5.41, 5.74) is 7.66. The van der Waals surface area contributed by atoms with Gasteiger partial charge in [-0.3, -0.25) is 9.59 Å². The normalized spacial score (nSPS) is 11.5. The number of para-hydroxylation sites is 1. The third kappa shape index (κ3) is 4.17. The molecular formula is C17H19N3O2. The van der Waals surface area contributed by atoms with Crippen molar-refractivity contribution in [2.75, 3.05) is 5.32 Å². The zero-order valence-corrected chi connectivity index (χ0v) is 12.4. The summed E-state index contributed by atoms with van der Waals surface area (Å²) in [5, 5.41) is 5.42. The molecule has 5 heteroatoms. The Morgan fingerprint density at radius 2 is 1.68 bits per heavy atom. The molecule has 4 N–H and O–H groups in total. The number of hydrogen-bond acceptors (Lipinski definition) is 3. The number of nitrogens with two attached hydrogens (primary N) is 1. The second kappa shape index (κ2) is 7.38. The number of benzene rings is 2. The van der Waals surface area contributed by atoms with Crippen molar-refractivity contribution in [3.8, 4) is 0 Å². The van der Waals surface area contributed by atoms with Crippen molar-refractivity contribution >= 4 is 17.5 Å². The molecular weight excluding hydrogens is 278 g/mol. The van der Waals surface area contributed by atoms with Gasteiger partial charge >= 0.3 is 0 Å². The number of hydrogen-bond donors (Lipinski definition) is 3. The minimum atomic E-state index is -0.637. The van der Waals surface area contributed by atoms with Crippen molar-refractivity contribution in [1.82, 2.24) is 5.32 Å². The van der Waals surface area contributed by atoms with E-state index in [0.717, 1.165) is 5.56 Å². The Bertz CT molecular complexity index is 639. The molecule has 2 amide bonds. The van der Waals surface area contributed by atoms with Gasteiger partial charge in [0.1, 0.15) is 6.04 Å².